The van der Waals surface area contributed by atoms with Gasteiger partial charge in [0.15, 0.2) is 0 Å². The fourth-order valence-electron chi connectivity index (χ4n) is 1.49. The van der Waals surface area contributed by atoms with Gasteiger partial charge in [0.25, 0.3) is 0 Å². The van der Waals surface area contributed by atoms with E-state index >= 15 is 0 Å². The number of nitrogens with one attached hydrogen (secondary N) is 1. The number of thiophene rings is 1. The summed E-state index contributed by atoms with van der Waals surface area (Å²) in [6.07, 6.45) is 0.996. The molecule has 2 N–H and O–H groups in total. The molecule has 0 saturated carbocycles. The number of carbonyl (C=O) groups is 1. The normalized spacial score (nSPS) is 10.3. The second kappa shape index (κ2) is 5.14. The molecule has 2 aromatic heterocycles. The van der Waals surface area contributed by atoms with E-state index in [2.05, 4.69) is 10.3 Å². The zero-order valence-electron chi connectivity index (χ0n) is 9.61. The van der Waals surface area contributed by atoms with E-state index in [9.17, 15) is 9.18 Å². The molecule has 0 radical (unpaired) electrons. The number of hydrogen-bond donors (Lipinski definition) is 2. The van der Waals surface area contributed by atoms with Gasteiger partial charge >= 0.3 is 5.97 Å². The maximum atomic E-state index is 12.9. The van der Waals surface area contributed by atoms with E-state index in [1.54, 1.807) is 11.3 Å². The average Bonchev–Trinajstić information content (AvgIpc) is 2.73. The average molecular weight is 266 g/mol. The maximum Gasteiger partial charge on any atom is 0.339 e. The molecule has 0 atom stereocenters. The molecule has 0 amide bonds. The van der Waals surface area contributed by atoms with Gasteiger partial charge in [-0.15, -0.1) is 11.3 Å². The molecule has 6 heteroatoms. The van der Waals surface area contributed by atoms with Gasteiger partial charge in [0.1, 0.15) is 17.2 Å². The molecule has 0 aliphatic rings. The van der Waals surface area contributed by atoms with Crippen molar-refractivity contribution in [3.8, 4) is 0 Å². The molecule has 0 spiro atoms. The molecule has 18 heavy (non-hydrogen) atoms. The molecular weight excluding hydrogens is 255 g/mol. The van der Waals surface area contributed by atoms with Crippen molar-refractivity contribution in [1.82, 2.24) is 4.98 Å². The van der Waals surface area contributed by atoms with E-state index in [4.69, 9.17) is 5.11 Å². The largest absolute Gasteiger partial charge is 0.478 e. The summed E-state index contributed by atoms with van der Waals surface area (Å²) in [6, 6.07) is 2.94. The van der Waals surface area contributed by atoms with Crippen molar-refractivity contribution in [1.29, 1.82) is 0 Å². The van der Waals surface area contributed by atoms with Gasteiger partial charge in [0, 0.05) is 4.88 Å². The minimum absolute atomic E-state index is 0.163. The minimum Gasteiger partial charge on any atom is -0.478 e. The number of carboxylic acid groups (broad SMARTS) is 1. The van der Waals surface area contributed by atoms with Gasteiger partial charge in [-0.2, -0.15) is 0 Å². The van der Waals surface area contributed by atoms with Crippen LogP contribution in [-0.2, 0) is 6.54 Å². The topological polar surface area (TPSA) is 62.2 Å². The molecular formula is C12H11FN2O2S. The molecule has 0 saturated heterocycles. The molecule has 2 rings (SSSR count). The Hall–Kier alpha value is -1.95. The monoisotopic (exact) mass is 266 g/mol. The number of anilines is 1. The van der Waals surface area contributed by atoms with Gasteiger partial charge in [-0.05, 0) is 30.0 Å². The first kappa shape index (κ1) is 12.5. The van der Waals surface area contributed by atoms with E-state index in [1.807, 2.05) is 18.4 Å². The third-order valence-corrected chi connectivity index (χ3v) is 3.49. The van der Waals surface area contributed by atoms with Crippen molar-refractivity contribution >= 4 is 23.1 Å². The summed E-state index contributed by atoms with van der Waals surface area (Å²) >= 11 is 1.57. The molecule has 0 aromatic carbocycles. The van der Waals surface area contributed by atoms with Crippen LogP contribution in [0.15, 0.2) is 23.7 Å². The SMILES string of the molecule is Cc1ccsc1CNc1ncc(F)cc1C(=O)O. The van der Waals surface area contributed by atoms with Gasteiger partial charge < -0.3 is 10.4 Å². The third-order valence-electron chi connectivity index (χ3n) is 2.47. The maximum absolute atomic E-state index is 12.9. The van der Waals surface area contributed by atoms with E-state index in [0.717, 1.165) is 22.7 Å². The van der Waals surface area contributed by atoms with Gasteiger partial charge in [-0.3, -0.25) is 0 Å². The molecule has 94 valence electrons. The van der Waals surface area contributed by atoms with Crippen LogP contribution in [-0.4, -0.2) is 16.1 Å². The van der Waals surface area contributed by atoms with E-state index in [-0.39, 0.29) is 11.4 Å². The Bertz CT molecular complexity index is 583. The fourth-order valence-corrected chi connectivity index (χ4v) is 2.34. The lowest BCUT2D eigenvalue weighted by molar-refractivity contribution is 0.0697. The molecule has 4 nitrogen and oxygen atoms in total. The predicted molar refractivity (Wildman–Crippen MR) is 67.5 cm³/mol. The highest BCUT2D eigenvalue weighted by Gasteiger charge is 2.13. The summed E-state index contributed by atoms with van der Waals surface area (Å²) < 4.78 is 12.9. The van der Waals surface area contributed by atoms with Crippen molar-refractivity contribution in [3.63, 3.8) is 0 Å². The number of aryl methyl sites for hydroxylation is 1. The summed E-state index contributed by atoms with van der Waals surface area (Å²) in [5.41, 5.74) is 0.968. The van der Waals surface area contributed by atoms with Crippen LogP contribution in [0, 0.1) is 12.7 Å². The quantitative estimate of drug-likeness (QED) is 0.893. The molecule has 0 bridgehead atoms. The summed E-state index contributed by atoms with van der Waals surface area (Å²) in [5, 5.41) is 13.8. The Balaban J connectivity index is 2.19. The van der Waals surface area contributed by atoms with E-state index in [0.29, 0.717) is 6.54 Å². The predicted octanol–water partition coefficient (Wildman–Crippen LogP) is 2.90. The summed E-state index contributed by atoms with van der Waals surface area (Å²) in [5.74, 6) is -1.69. The lowest BCUT2D eigenvalue weighted by Gasteiger charge is -2.08. The van der Waals surface area contributed by atoms with Crippen molar-refractivity contribution < 1.29 is 14.3 Å². The molecule has 0 aliphatic carbocycles. The van der Waals surface area contributed by atoms with Gasteiger partial charge in [0.05, 0.1) is 12.7 Å². The Labute approximate surface area is 107 Å². The molecule has 0 aliphatic heterocycles. The Morgan fingerprint density at radius 2 is 2.39 bits per heavy atom. The number of hydrogen-bond acceptors (Lipinski definition) is 4. The smallest absolute Gasteiger partial charge is 0.339 e. The van der Waals surface area contributed by atoms with E-state index in [1.165, 1.54) is 0 Å². The first-order valence-corrected chi connectivity index (χ1v) is 6.11. The van der Waals surface area contributed by atoms with Crippen LogP contribution in [0.3, 0.4) is 0 Å². The molecule has 0 fully saturated rings. The zero-order chi connectivity index (χ0) is 13.1. The van der Waals surface area contributed by atoms with Crippen molar-refractivity contribution in [2.75, 3.05) is 5.32 Å². The summed E-state index contributed by atoms with van der Waals surface area (Å²) in [7, 11) is 0. The molecule has 0 unspecified atom stereocenters. The van der Waals surface area contributed by atoms with E-state index < -0.39 is 11.8 Å². The van der Waals surface area contributed by atoms with Crippen LogP contribution >= 0.6 is 11.3 Å². The van der Waals surface area contributed by atoms with Crippen molar-refractivity contribution in [3.05, 3.63) is 45.5 Å². The minimum atomic E-state index is -1.20. The van der Waals surface area contributed by atoms with Gasteiger partial charge in [-0.1, -0.05) is 0 Å². The first-order valence-electron chi connectivity index (χ1n) is 5.23. The number of aromatic carboxylic acids is 1. The van der Waals surface area contributed by atoms with Crippen LogP contribution in [0.25, 0.3) is 0 Å². The lowest BCUT2D eigenvalue weighted by Crippen LogP contribution is -2.08. The first-order chi connectivity index (χ1) is 8.58. The summed E-state index contributed by atoms with van der Waals surface area (Å²) in [4.78, 5) is 15.8. The number of rotatable bonds is 4. The van der Waals surface area contributed by atoms with Crippen LogP contribution in [0.5, 0.6) is 0 Å². The highest BCUT2D eigenvalue weighted by molar-refractivity contribution is 7.10. The van der Waals surface area contributed by atoms with Crippen molar-refractivity contribution in [2.45, 2.75) is 13.5 Å². The lowest BCUT2D eigenvalue weighted by atomic mass is 10.2. The Kier molecular flexibility index (Phi) is 3.57. The Morgan fingerprint density at radius 3 is 3.00 bits per heavy atom. The Morgan fingerprint density at radius 1 is 1.61 bits per heavy atom. The summed E-state index contributed by atoms with van der Waals surface area (Å²) in [6.45, 7) is 2.45. The number of halogens is 1. The highest BCUT2D eigenvalue weighted by Crippen LogP contribution is 2.19. The second-order valence-corrected chi connectivity index (χ2v) is 4.74. The van der Waals surface area contributed by atoms with Crippen molar-refractivity contribution in [2.24, 2.45) is 0 Å². The third kappa shape index (κ3) is 2.65. The van der Waals surface area contributed by atoms with Gasteiger partial charge in [-0.25, -0.2) is 14.2 Å². The van der Waals surface area contributed by atoms with Gasteiger partial charge in [0.2, 0.25) is 0 Å². The number of nitrogens with zero attached hydrogens (tertiary/aromatic N) is 1. The van der Waals surface area contributed by atoms with Crippen LogP contribution in [0.2, 0.25) is 0 Å². The van der Waals surface area contributed by atoms with Crippen LogP contribution in [0.1, 0.15) is 20.8 Å². The van der Waals surface area contributed by atoms with Crippen LogP contribution < -0.4 is 5.32 Å². The fraction of sp³-hybridized carbons (Fsp3) is 0.167. The molecule has 2 aromatic rings. The second-order valence-electron chi connectivity index (χ2n) is 3.74. The number of aromatic nitrogens is 1. The standard InChI is InChI=1S/C12H11FN2O2S/c1-7-2-3-18-10(7)6-15-11-9(12(16)17)4-8(13)5-14-11/h2-5H,6H2,1H3,(H,14,15)(H,16,17). The molecule has 2 heterocycles. The zero-order valence-corrected chi connectivity index (χ0v) is 10.4. The number of carboxylic acids is 1. The van der Waals surface area contributed by atoms with Crippen LogP contribution in [0.4, 0.5) is 10.2 Å². The highest BCUT2D eigenvalue weighted by atomic mass is 32.1. The number of pyridine rings is 1.